The van der Waals surface area contributed by atoms with Gasteiger partial charge in [-0.05, 0) is 32.0 Å². The minimum Gasteiger partial charge on any atom is -0.353 e. The highest BCUT2D eigenvalue weighted by molar-refractivity contribution is 5.97. The number of piperazine rings is 1. The van der Waals surface area contributed by atoms with Crippen molar-refractivity contribution in [2.75, 3.05) is 36.4 Å². The number of amides is 2. The first-order valence-electron chi connectivity index (χ1n) is 10.7. The highest BCUT2D eigenvalue weighted by Gasteiger charge is 2.23. The maximum absolute atomic E-state index is 13.0. The van der Waals surface area contributed by atoms with Crippen LogP contribution in [0.25, 0.3) is 0 Å². The molecule has 9 nitrogen and oxygen atoms in total. The fraction of sp³-hybridized carbons (Fsp3) is 0.348. The van der Waals surface area contributed by atoms with Crippen LogP contribution in [0.15, 0.2) is 49.1 Å². The van der Waals surface area contributed by atoms with Gasteiger partial charge < -0.3 is 19.7 Å². The molecule has 1 fully saturated rings. The van der Waals surface area contributed by atoms with Gasteiger partial charge in [0.25, 0.3) is 5.91 Å². The molecule has 0 unspecified atom stereocenters. The van der Waals surface area contributed by atoms with Crippen molar-refractivity contribution in [3.05, 3.63) is 66.1 Å². The van der Waals surface area contributed by atoms with E-state index in [2.05, 4.69) is 25.2 Å². The summed E-state index contributed by atoms with van der Waals surface area (Å²) in [5.41, 5.74) is 2.13. The Morgan fingerprint density at radius 1 is 1.06 bits per heavy atom. The normalized spacial score (nSPS) is 13.8. The lowest BCUT2D eigenvalue weighted by molar-refractivity contribution is -0.116. The van der Waals surface area contributed by atoms with E-state index in [4.69, 9.17) is 0 Å². The molecule has 1 aromatic carbocycles. The predicted molar refractivity (Wildman–Crippen MR) is 122 cm³/mol. The molecule has 1 N–H and O–H groups in total. The Kier molecular flexibility index (Phi) is 6.44. The number of aromatic nitrogens is 4. The van der Waals surface area contributed by atoms with Gasteiger partial charge in [0.15, 0.2) is 0 Å². The number of nitrogens with zero attached hydrogens (tertiary/aromatic N) is 6. The average Bonchev–Trinajstić information content (AvgIpc) is 3.31. The number of hydrogen-bond donors (Lipinski definition) is 1. The van der Waals surface area contributed by atoms with E-state index in [-0.39, 0.29) is 11.8 Å². The molecule has 3 aromatic rings. The number of aryl methyl sites for hydroxylation is 3. The van der Waals surface area contributed by atoms with Crippen LogP contribution in [-0.2, 0) is 11.3 Å². The zero-order chi connectivity index (χ0) is 22.5. The minimum atomic E-state index is -0.104. The Hall–Kier alpha value is -3.75. The van der Waals surface area contributed by atoms with Crippen LogP contribution in [0.5, 0.6) is 0 Å². The Labute approximate surface area is 187 Å². The van der Waals surface area contributed by atoms with E-state index in [1.54, 1.807) is 36.8 Å². The summed E-state index contributed by atoms with van der Waals surface area (Å²) in [5.74, 6) is 1.52. The summed E-state index contributed by atoms with van der Waals surface area (Å²) in [6.45, 7) is 7.06. The molecule has 1 saturated heterocycles. The average molecular weight is 434 g/mol. The Morgan fingerprint density at radius 3 is 2.59 bits per heavy atom. The number of carbonyl (C=O) groups excluding carboxylic acids is 2. The highest BCUT2D eigenvalue weighted by atomic mass is 16.2. The van der Waals surface area contributed by atoms with E-state index in [0.717, 1.165) is 17.3 Å². The maximum atomic E-state index is 13.0. The van der Waals surface area contributed by atoms with Crippen LogP contribution in [0.1, 0.15) is 28.3 Å². The lowest BCUT2D eigenvalue weighted by atomic mass is 10.1. The second-order valence-electron chi connectivity index (χ2n) is 7.87. The predicted octanol–water partition coefficient (Wildman–Crippen LogP) is 2.28. The third kappa shape index (κ3) is 5.29. The Morgan fingerprint density at radius 2 is 1.88 bits per heavy atom. The summed E-state index contributed by atoms with van der Waals surface area (Å²) < 4.78 is 1.85. The largest absolute Gasteiger partial charge is 0.353 e. The smallest absolute Gasteiger partial charge is 0.254 e. The van der Waals surface area contributed by atoms with Crippen LogP contribution in [0, 0.1) is 13.8 Å². The van der Waals surface area contributed by atoms with Crippen LogP contribution in [-0.4, -0.2) is 62.4 Å². The first-order chi connectivity index (χ1) is 15.5. The molecule has 2 amide bonds. The molecular weight excluding hydrogens is 406 g/mol. The zero-order valence-electron chi connectivity index (χ0n) is 18.4. The van der Waals surface area contributed by atoms with Crippen LogP contribution >= 0.6 is 0 Å². The highest BCUT2D eigenvalue weighted by Crippen LogP contribution is 2.18. The van der Waals surface area contributed by atoms with Gasteiger partial charge in [0.05, 0.1) is 6.33 Å². The van der Waals surface area contributed by atoms with E-state index in [0.29, 0.717) is 50.4 Å². The summed E-state index contributed by atoms with van der Waals surface area (Å²) in [6.07, 6.45) is 5.51. The van der Waals surface area contributed by atoms with Crippen molar-refractivity contribution < 1.29 is 9.59 Å². The van der Waals surface area contributed by atoms with Crippen molar-refractivity contribution in [2.24, 2.45) is 0 Å². The lowest BCUT2D eigenvalue weighted by Crippen LogP contribution is -2.49. The van der Waals surface area contributed by atoms with E-state index in [1.165, 1.54) is 0 Å². The maximum Gasteiger partial charge on any atom is 0.254 e. The number of carbonyl (C=O) groups is 2. The lowest BCUT2D eigenvalue weighted by Gasteiger charge is -2.35. The van der Waals surface area contributed by atoms with Crippen molar-refractivity contribution in [3.63, 3.8) is 0 Å². The number of anilines is 2. The van der Waals surface area contributed by atoms with Crippen molar-refractivity contribution in [1.82, 2.24) is 24.4 Å². The monoisotopic (exact) mass is 433 g/mol. The zero-order valence-corrected chi connectivity index (χ0v) is 18.4. The molecule has 0 spiro atoms. The van der Waals surface area contributed by atoms with Gasteiger partial charge in [-0.15, -0.1) is 0 Å². The Bertz CT molecular complexity index is 1070. The van der Waals surface area contributed by atoms with Crippen molar-refractivity contribution in [3.8, 4) is 0 Å². The van der Waals surface area contributed by atoms with Gasteiger partial charge in [-0.25, -0.2) is 15.0 Å². The summed E-state index contributed by atoms with van der Waals surface area (Å²) in [4.78, 5) is 42.1. The number of rotatable bonds is 6. The molecule has 3 heterocycles. The summed E-state index contributed by atoms with van der Waals surface area (Å²) in [5, 5.41) is 2.88. The molecule has 9 heteroatoms. The third-order valence-electron chi connectivity index (χ3n) is 5.39. The molecule has 0 bridgehead atoms. The molecule has 0 radical (unpaired) electrons. The number of imidazole rings is 1. The van der Waals surface area contributed by atoms with Gasteiger partial charge in [0.1, 0.15) is 11.6 Å². The van der Waals surface area contributed by atoms with Crippen LogP contribution < -0.4 is 10.2 Å². The molecule has 0 saturated carbocycles. The van der Waals surface area contributed by atoms with Crippen molar-refractivity contribution >= 4 is 23.3 Å². The molecule has 166 valence electrons. The van der Waals surface area contributed by atoms with Crippen molar-refractivity contribution in [1.29, 1.82) is 0 Å². The number of hydrogen-bond acceptors (Lipinski definition) is 6. The van der Waals surface area contributed by atoms with Crippen molar-refractivity contribution in [2.45, 2.75) is 26.8 Å². The molecular formula is C23H27N7O2. The molecule has 1 aliphatic heterocycles. The van der Waals surface area contributed by atoms with Gasteiger partial charge in [-0.3, -0.25) is 9.59 Å². The van der Waals surface area contributed by atoms with Gasteiger partial charge in [-0.1, -0.05) is 6.07 Å². The van der Waals surface area contributed by atoms with Crippen LogP contribution in [0.3, 0.4) is 0 Å². The third-order valence-corrected chi connectivity index (χ3v) is 5.39. The van der Waals surface area contributed by atoms with Gasteiger partial charge >= 0.3 is 0 Å². The molecule has 0 aliphatic carbocycles. The minimum absolute atomic E-state index is 0.0331. The number of nitrogens with one attached hydrogen (secondary N) is 1. The van der Waals surface area contributed by atoms with Gasteiger partial charge in [0.2, 0.25) is 5.91 Å². The van der Waals surface area contributed by atoms with E-state index >= 15 is 0 Å². The molecule has 0 atom stereocenters. The molecule has 2 aromatic heterocycles. The van der Waals surface area contributed by atoms with E-state index in [1.807, 2.05) is 35.6 Å². The first kappa shape index (κ1) is 21.5. The fourth-order valence-electron chi connectivity index (χ4n) is 3.78. The topological polar surface area (TPSA) is 96.2 Å². The molecule has 1 aliphatic rings. The van der Waals surface area contributed by atoms with Crippen LogP contribution in [0.4, 0.5) is 11.5 Å². The summed E-state index contributed by atoms with van der Waals surface area (Å²) >= 11 is 0. The summed E-state index contributed by atoms with van der Waals surface area (Å²) in [7, 11) is 0. The van der Waals surface area contributed by atoms with Gasteiger partial charge in [0, 0.05) is 74.5 Å². The molecule has 32 heavy (non-hydrogen) atoms. The van der Waals surface area contributed by atoms with Crippen LogP contribution in [0.2, 0.25) is 0 Å². The SMILES string of the molecule is Cc1cc(N2CCN(C(=O)c3cccc(NC(=O)CCn4ccnc4)c3)CC2)nc(C)n1. The second kappa shape index (κ2) is 9.59. The van der Waals surface area contributed by atoms with Gasteiger partial charge in [-0.2, -0.15) is 0 Å². The Balaban J connectivity index is 1.33. The quantitative estimate of drug-likeness (QED) is 0.641. The second-order valence-corrected chi connectivity index (χ2v) is 7.87. The first-order valence-corrected chi connectivity index (χ1v) is 10.7. The number of benzene rings is 1. The van der Waals surface area contributed by atoms with E-state index in [9.17, 15) is 9.59 Å². The fourth-order valence-corrected chi connectivity index (χ4v) is 3.78. The van der Waals surface area contributed by atoms with E-state index < -0.39 is 0 Å². The standard InChI is InChI=1S/C23H27N7O2/c1-17-14-21(26-18(2)25-17)29-10-12-30(13-11-29)23(32)19-4-3-5-20(15-19)27-22(31)6-8-28-9-7-24-16-28/h3-5,7,9,14-16H,6,8,10-13H2,1-2H3,(H,27,31). The molecule has 4 rings (SSSR count). The summed E-state index contributed by atoms with van der Waals surface area (Å²) in [6, 6.07) is 9.09.